The number of hydrogen-bond acceptors (Lipinski definition) is 8. The third-order valence-corrected chi connectivity index (χ3v) is 6.43. The number of carbonyl (C=O) groups excluding carboxylic acids is 2. The van der Waals surface area contributed by atoms with Gasteiger partial charge in [-0.3, -0.25) is 14.6 Å². The van der Waals surface area contributed by atoms with Gasteiger partial charge in [-0.05, 0) is 36.4 Å². The van der Waals surface area contributed by atoms with Gasteiger partial charge in [0.25, 0.3) is 5.91 Å². The smallest absolute Gasteiger partial charge is 0.274 e. The second-order valence-electron chi connectivity index (χ2n) is 8.87. The van der Waals surface area contributed by atoms with Crippen LogP contribution in [0.4, 0.5) is 11.6 Å². The number of para-hydroxylation sites is 2. The molecule has 194 valence electrons. The van der Waals surface area contributed by atoms with Gasteiger partial charge in [-0.15, -0.1) is 0 Å². The van der Waals surface area contributed by atoms with Crippen LogP contribution >= 0.6 is 11.6 Å². The number of piperazine rings is 1. The van der Waals surface area contributed by atoms with Gasteiger partial charge in [0.1, 0.15) is 17.3 Å². The van der Waals surface area contributed by atoms with Gasteiger partial charge in [0, 0.05) is 62.8 Å². The van der Waals surface area contributed by atoms with Crippen molar-refractivity contribution in [2.75, 3.05) is 49.5 Å². The molecule has 38 heavy (non-hydrogen) atoms. The number of aromatic nitrogens is 4. The van der Waals surface area contributed by atoms with E-state index in [1.165, 1.54) is 6.92 Å². The van der Waals surface area contributed by atoms with Gasteiger partial charge in [-0.2, -0.15) is 0 Å². The van der Waals surface area contributed by atoms with Crippen molar-refractivity contribution >= 4 is 46.1 Å². The molecule has 1 fully saturated rings. The fourth-order valence-corrected chi connectivity index (χ4v) is 4.33. The maximum atomic E-state index is 13.1. The summed E-state index contributed by atoms with van der Waals surface area (Å²) in [5.41, 5.74) is 2.64. The minimum absolute atomic E-state index is 0.0841. The number of carbonyl (C=O) groups is 2. The number of hydrogen-bond donors (Lipinski definition) is 2. The molecular weight excluding hydrogens is 504 g/mol. The van der Waals surface area contributed by atoms with Gasteiger partial charge >= 0.3 is 0 Å². The SMILES string of the molecule is CC(=O)NCCNc1cc(N2CCN(C(=O)c3cnc4ccccc4n3)CC2)nc(-c2ccc(Cl)cc2)n1. The minimum Gasteiger partial charge on any atom is -0.368 e. The molecule has 2 N–H and O–H groups in total. The first-order chi connectivity index (χ1) is 18.5. The van der Waals surface area contributed by atoms with Crippen molar-refractivity contribution in [1.82, 2.24) is 30.2 Å². The quantitative estimate of drug-likeness (QED) is 0.350. The molecule has 1 aliphatic heterocycles. The summed E-state index contributed by atoms with van der Waals surface area (Å²) in [5, 5.41) is 6.67. The Labute approximate surface area is 225 Å². The lowest BCUT2D eigenvalue weighted by Crippen LogP contribution is -2.49. The highest BCUT2D eigenvalue weighted by molar-refractivity contribution is 6.30. The van der Waals surface area contributed by atoms with Crippen LogP contribution in [0.15, 0.2) is 60.8 Å². The number of nitrogens with zero attached hydrogens (tertiary/aromatic N) is 6. The second kappa shape index (κ2) is 11.4. The molecule has 0 unspecified atom stereocenters. The predicted octanol–water partition coefficient (Wildman–Crippen LogP) is 3.25. The van der Waals surface area contributed by atoms with Crippen molar-refractivity contribution in [3.8, 4) is 11.4 Å². The molecule has 10 nitrogen and oxygen atoms in total. The summed E-state index contributed by atoms with van der Waals surface area (Å²) in [7, 11) is 0. The normalized spacial score (nSPS) is 13.4. The molecule has 0 atom stereocenters. The monoisotopic (exact) mass is 530 g/mol. The van der Waals surface area contributed by atoms with Crippen LogP contribution in [0.25, 0.3) is 22.4 Å². The molecule has 0 saturated carbocycles. The summed E-state index contributed by atoms with van der Waals surface area (Å²) in [6.45, 7) is 4.75. The average Bonchev–Trinajstić information content (AvgIpc) is 2.95. The first-order valence-electron chi connectivity index (χ1n) is 12.4. The number of fused-ring (bicyclic) bond motifs is 1. The fraction of sp³-hybridized carbons (Fsp3) is 0.259. The zero-order chi connectivity index (χ0) is 26.5. The summed E-state index contributed by atoms with van der Waals surface area (Å²) in [6.07, 6.45) is 1.54. The highest BCUT2D eigenvalue weighted by Crippen LogP contribution is 2.25. The molecule has 0 spiro atoms. The Hall–Kier alpha value is -4.31. The minimum atomic E-state index is -0.132. The summed E-state index contributed by atoms with van der Waals surface area (Å²) >= 11 is 6.07. The second-order valence-corrected chi connectivity index (χ2v) is 9.31. The number of benzene rings is 2. The van der Waals surface area contributed by atoms with Crippen LogP contribution in [-0.4, -0.2) is 75.9 Å². The maximum absolute atomic E-state index is 13.1. The zero-order valence-corrected chi connectivity index (χ0v) is 21.6. The van der Waals surface area contributed by atoms with E-state index in [9.17, 15) is 9.59 Å². The van der Waals surface area contributed by atoms with E-state index in [1.54, 1.807) is 23.2 Å². The van der Waals surface area contributed by atoms with E-state index in [0.717, 1.165) is 16.9 Å². The van der Waals surface area contributed by atoms with Gasteiger partial charge in [0.05, 0.1) is 17.2 Å². The molecule has 0 bridgehead atoms. The summed E-state index contributed by atoms with van der Waals surface area (Å²) in [4.78, 5) is 46.6. The molecule has 11 heteroatoms. The third-order valence-electron chi connectivity index (χ3n) is 6.18. The van der Waals surface area contributed by atoms with E-state index in [1.807, 2.05) is 42.5 Å². The Morgan fingerprint density at radius 2 is 1.66 bits per heavy atom. The first kappa shape index (κ1) is 25.3. The molecular formula is C27H27ClN8O2. The van der Waals surface area contributed by atoms with Gasteiger partial charge < -0.3 is 20.4 Å². The van der Waals surface area contributed by atoms with Crippen molar-refractivity contribution in [2.24, 2.45) is 0 Å². The van der Waals surface area contributed by atoms with Crippen molar-refractivity contribution in [1.29, 1.82) is 0 Å². The predicted molar refractivity (Wildman–Crippen MR) is 147 cm³/mol. The average molecular weight is 531 g/mol. The van der Waals surface area contributed by atoms with Crippen molar-refractivity contribution < 1.29 is 9.59 Å². The molecule has 4 aromatic rings. The fourth-order valence-electron chi connectivity index (χ4n) is 4.21. The van der Waals surface area contributed by atoms with Crippen LogP contribution in [0.5, 0.6) is 0 Å². The third kappa shape index (κ3) is 5.97. The Morgan fingerprint density at radius 1 is 0.921 bits per heavy atom. The lowest BCUT2D eigenvalue weighted by atomic mass is 10.2. The summed E-state index contributed by atoms with van der Waals surface area (Å²) < 4.78 is 0. The van der Waals surface area contributed by atoms with Crippen molar-refractivity contribution in [3.63, 3.8) is 0 Å². The van der Waals surface area contributed by atoms with E-state index in [-0.39, 0.29) is 11.8 Å². The Morgan fingerprint density at radius 3 is 2.39 bits per heavy atom. The molecule has 1 aliphatic rings. The standard InChI is InChI=1S/C27H27ClN8O2/c1-18(37)29-10-11-30-24-16-25(34-26(33-24)19-6-8-20(28)9-7-19)35-12-14-36(15-13-35)27(38)23-17-31-21-4-2-3-5-22(21)32-23/h2-9,16-17H,10-15H2,1H3,(H,29,37)(H,30,33,34). The largest absolute Gasteiger partial charge is 0.368 e. The molecule has 2 aromatic carbocycles. The maximum Gasteiger partial charge on any atom is 0.274 e. The van der Waals surface area contributed by atoms with Gasteiger partial charge in [-0.1, -0.05) is 23.7 Å². The topological polar surface area (TPSA) is 116 Å². The lowest BCUT2D eigenvalue weighted by molar-refractivity contribution is -0.118. The van der Waals surface area contributed by atoms with Crippen LogP contribution < -0.4 is 15.5 Å². The molecule has 1 saturated heterocycles. The van der Waals surface area contributed by atoms with Gasteiger partial charge in [-0.25, -0.2) is 15.0 Å². The van der Waals surface area contributed by atoms with E-state index in [0.29, 0.717) is 67.1 Å². The number of rotatable bonds is 7. The van der Waals surface area contributed by atoms with Crippen molar-refractivity contribution in [2.45, 2.75) is 6.92 Å². The molecule has 0 aliphatic carbocycles. The molecule has 3 heterocycles. The Balaban J connectivity index is 1.31. The number of anilines is 2. The van der Waals surface area contributed by atoms with Gasteiger partial charge in [0.15, 0.2) is 5.82 Å². The highest BCUT2D eigenvalue weighted by Gasteiger charge is 2.25. The molecule has 0 radical (unpaired) electrons. The van der Waals surface area contributed by atoms with Crippen LogP contribution in [0.1, 0.15) is 17.4 Å². The van der Waals surface area contributed by atoms with Crippen LogP contribution in [-0.2, 0) is 4.79 Å². The van der Waals surface area contributed by atoms with E-state index >= 15 is 0 Å². The molecule has 2 amide bonds. The molecule has 2 aromatic heterocycles. The van der Waals surface area contributed by atoms with Crippen LogP contribution in [0.2, 0.25) is 5.02 Å². The lowest BCUT2D eigenvalue weighted by Gasteiger charge is -2.35. The van der Waals surface area contributed by atoms with Gasteiger partial charge in [0.2, 0.25) is 5.91 Å². The number of halogens is 1. The van der Waals surface area contributed by atoms with Crippen molar-refractivity contribution in [3.05, 3.63) is 71.5 Å². The Kier molecular flexibility index (Phi) is 7.60. The first-order valence-corrected chi connectivity index (χ1v) is 12.7. The summed E-state index contributed by atoms with van der Waals surface area (Å²) in [5.74, 6) is 1.75. The number of amides is 2. The number of nitrogens with one attached hydrogen (secondary N) is 2. The van der Waals surface area contributed by atoms with Crippen LogP contribution in [0, 0.1) is 0 Å². The van der Waals surface area contributed by atoms with Crippen LogP contribution in [0.3, 0.4) is 0 Å². The van der Waals surface area contributed by atoms with E-state index in [4.69, 9.17) is 16.6 Å². The van der Waals surface area contributed by atoms with E-state index in [2.05, 4.69) is 30.5 Å². The molecule has 5 rings (SSSR count). The summed E-state index contributed by atoms with van der Waals surface area (Å²) in [6, 6.07) is 16.8. The highest BCUT2D eigenvalue weighted by atomic mass is 35.5. The Bertz CT molecular complexity index is 1460. The van der Waals surface area contributed by atoms with E-state index < -0.39 is 0 Å². The zero-order valence-electron chi connectivity index (χ0n) is 20.9.